The smallest absolute Gasteiger partial charge is 0.253 e. The molecule has 6 nitrogen and oxygen atoms in total. The molecule has 36 heavy (non-hydrogen) atoms. The highest BCUT2D eigenvalue weighted by molar-refractivity contribution is 5.78. The standard InChI is InChI=1S/C29H38FN3O3/c1-21(16-22-8-3-2-4-9-22)27(35)32-15-14-29(36,28(18-32)12-7-13-28)19-33-20-31-25(17-26(33)34)23-10-5-6-11-24(23)30/h5-6,10-11,17,20-22,36H,2-4,7-9,12-16,18-19H2,1H3/t21-,29+/m1/s1. The quantitative estimate of drug-likeness (QED) is 0.625. The van der Waals surface area contributed by atoms with Crippen LogP contribution in [0, 0.1) is 23.1 Å². The summed E-state index contributed by atoms with van der Waals surface area (Å²) in [6.45, 7) is 3.25. The van der Waals surface area contributed by atoms with Crippen molar-refractivity contribution >= 4 is 5.91 Å². The van der Waals surface area contributed by atoms with Crippen LogP contribution in [-0.4, -0.2) is 44.2 Å². The molecule has 5 rings (SSSR count). The molecule has 3 fully saturated rings. The number of amides is 1. The predicted octanol–water partition coefficient (Wildman–Crippen LogP) is 4.79. The van der Waals surface area contributed by atoms with Gasteiger partial charge in [0.05, 0.1) is 24.2 Å². The monoisotopic (exact) mass is 495 g/mol. The molecule has 1 amide bonds. The molecule has 2 aliphatic carbocycles. The first-order chi connectivity index (χ1) is 17.3. The third-order valence-corrected chi connectivity index (χ3v) is 9.19. The fraction of sp³-hybridized carbons (Fsp3) is 0.621. The third kappa shape index (κ3) is 4.74. The summed E-state index contributed by atoms with van der Waals surface area (Å²) in [5.74, 6) is 0.448. The molecule has 1 aliphatic heterocycles. The lowest BCUT2D eigenvalue weighted by atomic mass is 9.55. The van der Waals surface area contributed by atoms with Gasteiger partial charge in [-0.3, -0.25) is 14.2 Å². The van der Waals surface area contributed by atoms with Crippen molar-refractivity contribution in [2.45, 2.75) is 83.3 Å². The van der Waals surface area contributed by atoms with Crippen LogP contribution < -0.4 is 5.56 Å². The number of aliphatic hydroxyl groups is 1. The molecular weight excluding hydrogens is 457 g/mol. The van der Waals surface area contributed by atoms with Gasteiger partial charge < -0.3 is 10.0 Å². The van der Waals surface area contributed by atoms with E-state index in [1.165, 1.54) is 55.1 Å². The van der Waals surface area contributed by atoms with Crippen LogP contribution >= 0.6 is 0 Å². The van der Waals surface area contributed by atoms with Crippen LogP contribution in [0.1, 0.15) is 71.1 Å². The van der Waals surface area contributed by atoms with Crippen LogP contribution in [0.3, 0.4) is 0 Å². The Balaban J connectivity index is 1.29. The first kappa shape index (κ1) is 25.1. The van der Waals surface area contributed by atoms with E-state index in [1.54, 1.807) is 18.2 Å². The molecule has 1 N–H and O–H groups in total. The predicted molar refractivity (Wildman–Crippen MR) is 137 cm³/mol. The number of likely N-dealkylation sites (tertiary alicyclic amines) is 1. The summed E-state index contributed by atoms with van der Waals surface area (Å²) in [5.41, 5.74) is -1.22. The number of carbonyl (C=O) groups is 1. The zero-order chi connectivity index (χ0) is 25.3. The average molecular weight is 496 g/mol. The van der Waals surface area contributed by atoms with Crippen molar-refractivity contribution in [1.82, 2.24) is 14.5 Å². The first-order valence-electron chi connectivity index (χ1n) is 13.6. The van der Waals surface area contributed by atoms with Crippen LogP contribution in [0.15, 0.2) is 41.5 Å². The van der Waals surface area contributed by atoms with Gasteiger partial charge in [-0.05, 0) is 43.7 Å². The number of carbonyl (C=O) groups excluding carboxylic acids is 1. The Labute approximate surface area is 212 Å². The minimum absolute atomic E-state index is 0.00849. The van der Waals surface area contributed by atoms with Gasteiger partial charge in [0.2, 0.25) is 5.91 Å². The summed E-state index contributed by atoms with van der Waals surface area (Å²) in [6, 6.07) is 7.58. The maximum atomic E-state index is 14.2. The van der Waals surface area contributed by atoms with E-state index in [0.717, 1.165) is 25.7 Å². The lowest BCUT2D eigenvalue weighted by molar-refractivity contribution is -0.187. The van der Waals surface area contributed by atoms with Crippen LogP contribution in [-0.2, 0) is 11.3 Å². The zero-order valence-electron chi connectivity index (χ0n) is 21.3. The normalized spacial score (nSPS) is 24.9. The molecule has 2 aromatic rings. The van der Waals surface area contributed by atoms with E-state index in [-0.39, 0.29) is 35.2 Å². The second-order valence-corrected chi connectivity index (χ2v) is 11.5. The van der Waals surface area contributed by atoms with Gasteiger partial charge in [0.1, 0.15) is 5.82 Å². The van der Waals surface area contributed by atoms with Gasteiger partial charge in [0.25, 0.3) is 5.56 Å². The molecule has 2 atom stereocenters. The number of halogens is 1. The van der Waals surface area contributed by atoms with Crippen molar-refractivity contribution in [3.63, 3.8) is 0 Å². The second kappa shape index (κ2) is 10.1. The molecule has 1 aromatic heterocycles. The van der Waals surface area contributed by atoms with Crippen molar-refractivity contribution in [2.75, 3.05) is 13.1 Å². The Morgan fingerprint density at radius 3 is 2.58 bits per heavy atom. The van der Waals surface area contributed by atoms with Gasteiger partial charge in [-0.15, -0.1) is 0 Å². The van der Waals surface area contributed by atoms with Crippen LogP contribution in [0.5, 0.6) is 0 Å². The van der Waals surface area contributed by atoms with E-state index in [9.17, 15) is 19.1 Å². The van der Waals surface area contributed by atoms with Crippen molar-refractivity contribution in [3.8, 4) is 11.3 Å². The SMILES string of the molecule is C[C@H](CC1CCCCC1)C(=O)N1CC[C@](O)(Cn2cnc(-c3ccccc3F)cc2=O)C2(CCC2)C1. The molecule has 0 unspecified atom stereocenters. The topological polar surface area (TPSA) is 75.4 Å². The molecule has 1 saturated heterocycles. The van der Waals surface area contributed by atoms with Crippen LogP contribution in [0.2, 0.25) is 0 Å². The largest absolute Gasteiger partial charge is 0.387 e. The highest BCUT2D eigenvalue weighted by Gasteiger charge is 2.57. The summed E-state index contributed by atoms with van der Waals surface area (Å²) in [7, 11) is 0. The Morgan fingerprint density at radius 1 is 1.17 bits per heavy atom. The zero-order valence-corrected chi connectivity index (χ0v) is 21.3. The van der Waals surface area contributed by atoms with E-state index in [1.807, 2.05) is 4.90 Å². The Morgan fingerprint density at radius 2 is 1.92 bits per heavy atom. The molecule has 7 heteroatoms. The lowest BCUT2D eigenvalue weighted by Gasteiger charge is -2.58. The second-order valence-electron chi connectivity index (χ2n) is 11.5. The van der Waals surface area contributed by atoms with E-state index in [2.05, 4.69) is 11.9 Å². The lowest BCUT2D eigenvalue weighted by Crippen LogP contribution is -2.66. The summed E-state index contributed by atoms with van der Waals surface area (Å²) < 4.78 is 15.6. The molecular formula is C29H38FN3O3. The molecule has 3 aliphatic rings. The molecule has 2 heterocycles. The summed E-state index contributed by atoms with van der Waals surface area (Å²) in [4.78, 5) is 32.6. The van der Waals surface area contributed by atoms with Crippen molar-refractivity contribution in [3.05, 3.63) is 52.8 Å². The van der Waals surface area contributed by atoms with E-state index >= 15 is 0 Å². The fourth-order valence-electron chi connectivity index (χ4n) is 6.82. The summed E-state index contributed by atoms with van der Waals surface area (Å²) >= 11 is 0. The molecule has 0 bridgehead atoms. The highest BCUT2D eigenvalue weighted by Crippen LogP contribution is 2.54. The molecule has 1 aromatic carbocycles. The first-order valence-corrected chi connectivity index (χ1v) is 13.6. The minimum Gasteiger partial charge on any atom is -0.387 e. The van der Waals surface area contributed by atoms with Crippen molar-refractivity contribution < 1.29 is 14.3 Å². The number of aromatic nitrogens is 2. The molecule has 0 radical (unpaired) electrons. The summed E-state index contributed by atoms with van der Waals surface area (Å²) in [6.07, 6.45) is 11.9. The van der Waals surface area contributed by atoms with Crippen LogP contribution in [0.4, 0.5) is 4.39 Å². The number of hydrogen-bond donors (Lipinski definition) is 1. The number of hydrogen-bond acceptors (Lipinski definition) is 4. The molecule has 2 saturated carbocycles. The molecule has 194 valence electrons. The van der Waals surface area contributed by atoms with E-state index in [0.29, 0.717) is 25.4 Å². The van der Waals surface area contributed by atoms with Gasteiger partial charge in [-0.1, -0.05) is 57.6 Å². The van der Waals surface area contributed by atoms with Gasteiger partial charge >= 0.3 is 0 Å². The number of benzene rings is 1. The average Bonchev–Trinajstić information content (AvgIpc) is 2.85. The maximum Gasteiger partial charge on any atom is 0.253 e. The maximum absolute atomic E-state index is 14.2. The van der Waals surface area contributed by atoms with Gasteiger partial charge in [-0.2, -0.15) is 0 Å². The number of nitrogens with zero attached hydrogens (tertiary/aromatic N) is 3. The third-order valence-electron chi connectivity index (χ3n) is 9.19. The number of piperidine rings is 1. The van der Waals surface area contributed by atoms with Gasteiger partial charge in [-0.25, -0.2) is 9.37 Å². The van der Waals surface area contributed by atoms with Crippen LogP contribution in [0.25, 0.3) is 11.3 Å². The Kier molecular flexibility index (Phi) is 7.03. The molecule has 1 spiro atoms. The van der Waals surface area contributed by atoms with Gasteiger partial charge in [0.15, 0.2) is 0 Å². The van der Waals surface area contributed by atoms with Gasteiger partial charge in [0, 0.05) is 36.1 Å². The van der Waals surface area contributed by atoms with Crippen molar-refractivity contribution in [2.24, 2.45) is 17.3 Å². The summed E-state index contributed by atoms with van der Waals surface area (Å²) in [5, 5.41) is 11.9. The van der Waals surface area contributed by atoms with Crippen molar-refractivity contribution in [1.29, 1.82) is 0 Å². The number of rotatable bonds is 6. The highest BCUT2D eigenvalue weighted by atomic mass is 19.1. The fourth-order valence-corrected chi connectivity index (χ4v) is 6.82. The Bertz CT molecular complexity index is 1150. The minimum atomic E-state index is -1.08. The Hall–Kier alpha value is -2.54. The van der Waals surface area contributed by atoms with E-state index in [4.69, 9.17) is 0 Å². The van der Waals surface area contributed by atoms with E-state index < -0.39 is 16.8 Å².